The minimum atomic E-state index is -0.273. The average molecular weight is 457 g/mol. The lowest BCUT2D eigenvalue weighted by atomic mass is 10.1. The summed E-state index contributed by atoms with van der Waals surface area (Å²) in [6, 6.07) is 15.3. The molecule has 9 heteroatoms. The summed E-state index contributed by atoms with van der Waals surface area (Å²) in [7, 11) is 1.73. The number of likely N-dealkylation sites (N-methyl/N-ethyl adjacent to an activating group) is 1. The Bertz CT molecular complexity index is 1560. The average Bonchev–Trinajstić information content (AvgIpc) is 3.43. The lowest BCUT2D eigenvalue weighted by Gasteiger charge is -2.18. The lowest BCUT2D eigenvalue weighted by molar-refractivity contribution is -0.118. The number of aromatic nitrogens is 5. The molecule has 0 saturated carbocycles. The fourth-order valence-corrected chi connectivity index (χ4v) is 4.07. The van der Waals surface area contributed by atoms with E-state index < -0.39 is 0 Å². The van der Waals surface area contributed by atoms with E-state index in [1.54, 1.807) is 16.5 Å². The molecule has 2 aromatic carbocycles. The normalized spacial score (nSPS) is 11.4. The molecular formula is C25H24N6O3. The van der Waals surface area contributed by atoms with Crippen molar-refractivity contribution in [2.24, 2.45) is 0 Å². The number of hydrogen-bond acceptors (Lipinski definition) is 6. The number of anilines is 1. The second-order valence-corrected chi connectivity index (χ2v) is 8.23. The minimum absolute atomic E-state index is 0.00404. The van der Waals surface area contributed by atoms with E-state index in [2.05, 4.69) is 15.1 Å². The van der Waals surface area contributed by atoms with Crippen LogP contribution in [-0.2, 0) is 24.3 Å². The predicted molar refractivity (Wildman–Crippen MR) is 129 cm³/mol. The quantitative estimate of drug-likeness (QED) is 0.389. The standard InChI is InChI=1S/C25H24N6O3/c1-4-20-27-21(34-28-20)13-30-15-26-23-18-12-16(2)10-11-19(18)31(24(23)25(30)33)14-22(32)29(3)17-8-6-5-7-9-17/h5-12,15H,4,13-14H2,1-3H3. The van der Waals surface area contributed by atoms with Crippen LogP contribution in [0, 0.1) is 6.92 Å². The van der Waals surface area contributed by atoms with Crippen LogP contribution < -0.4 is 10.5 Å². The van der Waals surface area contributed by atoms with Crippen molar-refractivity contribution >= 4 is 33.5 Å². The van der Waals surface area contributed by atoms with E-state index >= 15 is 0 Å². The first-order valence-electron chi connectivity index (χ1n) is 11.1. The minimum Gasteiger partial charge on any atom is -0.337 e. The van der Waals surface area contributed by atoms with Crippen molar-refractivity contribution in [1.82, 2.24) is 24.3 Å². The van der Waals surface area contributed by atoms with E-state index in [0.717, 1.165) is 22.2 Å². The first kappa shape index (κ1) is 21.6. The van der Waals surface area contributed by atoms with Crippen LogP contribution in [0.3, 0.4) is 0 Å². The highest BCUT2D eigenvalue weighted by molar-refractivity contribution is 6.07. The maximum absolute atomic E-state index is 13.6. The van der Waals surface area contributed by atoms with Crippen LogP contribution in [0.2, 0.25) is 0 Å². The summed E-state index contributed by atoms with van der Waals surface area (Å²) in [5.74, 6) is 0.764. The number of carbonyl (C=O) groups excluding carboxylic acids is 1. The van der Waals surface area contributed by atoms with Gasteiger partial charge in [0.2, 0.25) is 11.8 Å². The molecule has 172 valence electrons. The Kier molecular flexibility index (Phi) is 5.45. The molecule has 0 atom stereocenters. The number of fused-ring (bicyclic) bond motifs is 3. The molecule has 0 N–H and O–H groups in total. The maximum atomic E-state index is 13.6. The molecule has 1 amide bonds. The Morgan fingerprint density at radius 3 is 2.68 bits per heavy atom. The highest BCUT2D eigenvalue weighted by Gasteiger charge is 2.21. The van der Waals surface area contributed by atoms with Crippen LogP contribution in [0.15, 0.2) is 64.2 Å². The topological polar surface area (TPSA) is 99.0 Å². The van der Waals surface area contributed by atoms with Crippen molar-refractivity contribution in [2.45, 2.75) is 33.4 Å². The fourth-order valence-electron chi connectivity index (χ4n) is 4.07. The van der Waals surface area contributed by atoms with Gasteiger partial charge in [0.1, 0.15) is 24.1 Å². The van der Waals surface area contributed by atoms with E-state index in [0.29, 0.717) is 29.2 Å². The Balaban J connectivity index is 1.62. The summed E-state index contributed by atoms with van der Waals surface area (Å²) >= 11 is 0. The lowest BCUT2D eigenvalue weighted by Crippen LogP contribution is -2.31. The third-order valence-corrected chi connectivity index (χ3v) is 5.92. The molecule has 9 nitrogen and oxygen atoms in total. The molecule has 0 aliphatic heterocycles. The van der Waals surface area contributed by atoms with Crippen molar-refractivity contribution in [3.05, 3.63) is 82.5 Å². The van der Waals surface area contributed by atoms with Gasteiger partial charge in [-0.05, 0) is 31.2 Å². The van der Waals surface area contributed by atoms with Crippen LogP contribution in [0.1, 0.15) is 24.2 Å². The highest BCUT2D eigenvalue weighted by Crippen LogP contribution is 2.27. The first-order chi connectivity index (χ1) is 16.5. The van der Waals surface area contributed by atoms with Gasteiger partial charge in [0.25, 0.3) is 5.56 Å². The van der Waals surface area contributed by atoms with Crippen molar-refractivity contribution in [3.63, 3.8) is 0 Å². The van der Waals surface area contributed by atoms with Gasteiger partial charge in [-0.15, -0.1) is 0 Å². The van der Waals surface area contributed by atoms with Crippen molar-refractivity contribution in [1.29, 1.82) is 0 Å². The Labute approximate surface area is 195 Å². The molecule has 0 radical (unpaired) electrons. The number of para-hydroxylation sites is 1. The van der Waals surface area contributed by atoms with Gasteiger partial charge >= 0.3 is 0 Å². The number of hydrogen-bond donors (Lipinski definition) is 0. The first-order valence-corrected chi connectivity index (χ1v) is 11.1. The fraction of sp³-hybridized carbons (Fsp3) is 0.240. The number of carbonyl (C=O) groups is 1. The van der Waals surface area contributed by atoms with Crippen molar-refractivity contribution in [2.75, 3.05) is 11.9 Å². The van der Waals surface area contributed by atoms with Crippen LogP contribution >= 0.6 is 0 Å². The predicted octanol–water partition coefficient (Wildman–Crippen LogP) is 3.32. The molecule has 5 aromatic rings. The van der Waals surface area contributed by atoms with Gasteiger partial charge in [0, 0.05) is 24.5 Å². The molecular weight excluding hydrogens is 432 g/mol. The second-order valence-electron chi connectivity index (χ2n) is 8.23. The van der Waals surface area contributed by atoms with Crippen LogP contribution in [0.4, 0.5) is 5.69 Å². The van der Waals surface area contributed by atoms with E-state index in [1.165, 1.54) is 10.9 Å². The molecule has 5 rings (SSSR count). The zero-order valence-electron chi connectivity index (χ0n) is 19.2. The number of benzene rings is 2. The summed E-state index contributed by atoms with van der Waals surface area (Å²) in [6.45, 7) is 4.01. The van der Waals surface area contributed by atoms with Crippen LogP contribution in [0.25, 0.3) is 21.9 Å². The maximum Gasteiger partial charge on any atom is 0.278 e. The number of nitrogens with zero attached hydrogens (tertiary/aromatic N) is 6. The Morgan fingerprint density at radius 1 is 1.15 bits per heavy atom. The van der Waals surface area contributed by atoms with Gasteiger partial charge in [-0.25, -0.2) is 4.98 Å². The summed E-state index contributed by atoms with van der Waals surface area (Å²) in [5.41, 5.74) is 3.27. The van der Waals surface area contributed by atoms with E-state index in [-0.39, 0.29) is 24.6 Å². The van der Waals surface area contributed by atoms with Crippen molar-refractivity contribution < 1.29 is 9.32 Å². The third-order valence-electron chi connectivity index (χ3n) is 5.92. The molecule has 0 saturated heterocycles. The molecule has 34 heavy (non-hydrogen) atoms. The van der Waals surface area contributed by atoms with Gasteiger partial charge < -0.3 is 14.0 Å². The monoisotopic (exact) mass is 456 g/mol. The molecule has 0 aliphatic carbocycles. The molecule has 0 bridgehead atoms. The molecule has 0 fully saturated rings. The molecule has 3 aromatic heterocycles. The summed E-state index contributed by atoms with van der Waals surface area (Å²) in [5, 5.41) is 4.73. The van der Waals surface area contributed by atoms with Gasteiger partial charge in [0.15, 0.2) is 5.82 Å². The smallest absolute Gasteiger partial charge is 0.278 e. The third kappa shape index (κ3) is 3.75. The van der Waals surface area contributed by atoms with Gasteiger partial charge in [-0.1, -0.05) is 41.9 Å². The zero-order chi connectivity index (χ0) is 23.8. The molecule has 0 unspecified atom stereocenters. The van der Waals surface area contributed by atoms with Crippen LogP contribution in [-0.4, -0.2) is 37.2 Å². The van der Waals surface area contributed by atoms with E-state index in [1.807, 2.05) is 62.4 Å². The zero-order valence-corrected chi connectivity index (χ0v) is 19.2. The molecule has 0 aliphatic rings. The SMILES string of the molecule is CCc1noc(Cn2cnc3c4cc(C)ccc4n(CC(=O)N(C)c4ccccc4)c3c2=O)n1. The highest BCUT2D eigenvalue weighted by atomic mass is 16.5. The number of aryl methyl sites for hydroxylation is 2. The molecule has 3 heterocycles. The second kappa shape index (κ2) is 8.58. The Hall–Kier alpha value is -4.27. The summed E-state index contributed by atoms with van der Waals surface area (Å²) < 4.78 is 8.45. The number of amides is 1. The summed E-state index contributed by atoms with van der Waals surface area (Å²) in [4.78, 5) is 37.3. The Morgan fingerprint density at radius 2 is 1.94 bits per heavy atom. The van der Waals surface area contributed by atoms with Gasteiger partial charge in [-0.2, -0.15) is 4.98 Å². The number of rotatable bonds is 6. The van der Waals surface area contributed by atoms with Crippen molar-refractivity contribution in [3.8, 4) is 0 Å². The van der Waals surface area contributed by atoms with Gasteiger partial charge in [0.05, 0.1) is 11.8 Å². The van der Waals surface area contributed by atoms with E-state index in [9.17, 15) is 9.59 Å². The largest absolute Gasteiger partial charge is 0.337 e. The van der Waals surface area contributed by atoms with E-state index in [4.69, 9.17) is 4.52 Å². The molecule has 0 spiro atoms. The summed E-state index contributed by atoms with van der Waals surface area (Å²) in [6.07, 6.45) is 2.13. The van der Waals surface area contributed by atoms with Crippen LogP contribution in [0.5, 0.6) is 0 Å². The van der Waals surface area contributed by atoms with Gasteiger partial charge in [-0.3, -0.25) is 14.2 Å².